The second-order valence-electron chi connectivity index (χ2n) is 6.17. The SMILES string of the molecule is Clc1cccc(-c2ccc(Oc3cccc(-c4cccc(Cl)c4)c3)cc2)c1. The molecule has 0 fully saturated rings. The van der Waals surface area contributed by atoms with Crippen LogP contribution in [0.2, 0.25) is 10.0 Å². The predicted octanol–water partition coefficient (Wildman–Crippen LogP) is 8.12. The summed E-state index contributed by atoms with van der Waals surface area (Å²) in [5.74, 6) is 1.56. The van der Waals surface area contributed by atoms with Crippen LogP contribution in [-0.2, 0) is 0 Å². The summed E-state index contributed by atoms with van der Waals surface area (Å²) in [6, 6.07) is 31.6. The Morgan fingerprint density at radius 2 is 0.963 bits per heavy atom. The van der Waals surface area contributed by atoms with Crippen molar-refractivity contribution in [3.05, 3.63) is 107 Å². The first-order valence-electron chi connectivity index (χ1n) is 8.57. The van der Waals surface area contributed by atoms with Crippen LogP contribution in [-0.4, -0.2) is 0 Å². The van der Waals surface area contributed by atoms with E-state index in [1.54, 1.807) is 0 Å². The van der Waals surface area contributed by atoms with Gasteiger partial charge in [-0.15, -0.1) is 0 Å². The van der Waals surface area contributed by atoms with Gasteiger partial charge in [0.25, 0.3) is 0 Å². The third-order valence-corrected chi connectivity index (χ3v) is 4.71. The van der Waals surface area contributed by atoms with Crippen LogP contribution in [0.5, 0.6) is 11.5 Å². The molecule has 0 saturated carbocycles. The fourth-order valence-electron chi connectivity index (χ4n) is 2.93. The molecule has 0 spiro atoms. The van der Waals surface area contributed by atoms with Gasteiger partial charge < -0.3 is 4.74 Å². The van der Waals surface area contributed by atoms with Crippen LogP contribution in [0.3, 0.4) is 0 Å². The van der Waals surface area contributed by atoms with Crippen molar-refractivity contribution in [2.45, 2.75) is 0 Å². The van der Waals surface area contributed by atoms with Crippen LogP contribution in [0.15, 0.2) is 97.1 Å². The molecule has 0 heterocycles. The van der Waals surface area contributed by atoms with E-state index in [0.717, 1.165) is 43.8 Å². The molecule has 0 radical (unpaired) electrons. The van der Waals surface area contributed by atoms with Crippen molar-refractivity contribution in [3.63, 3.8) is 0 Å². The van der Waals surface area contributed by atoms with Gasteiger partial charge in [-0.25, -0.2) is 0 Å². The molecular weight excluding hydrogens is 375 g/mol. The van der Waals surface area contributed by atoms with E-state index in [9.17, 15) is 0 Å². The highest BCUT2D eigenvalue weighted by molar-refractivity contribution is 6.31. The second kappa shape index (κ2) is 7.87. The maximum Gasteiger partial charge on any atom is 0.128 e. The summed E-state index contributed by atoms with van der Waals surface area (Å²) >= 11 is 12.2. The van der Waals surface area contributed by atoms with Gasteiger partial charge in [-0.05, 0) is 70.8 Å². The molecule has 0 unspecified atom stereocenters. The van der Waals surface area contributed by atoms with Gasteiger partial charge in [0.05, 0.1) is 0 Å². The topological polar surface area (TPSA) is 9.23 Å². The Morgan fingerprint density at radius 1 is 0.444 bits per heavy atom. The Bertz CT molecular complexity index is 1070. The summed E-state index contributed by atoms with van der Waals surface area (Å²) in [5.41, 5.74) is 4.30. The standard InChI is InChI=1S/C24H16Cl2O/c25-21-7-1-4-18(14-21)17-10-12-23(13-11-17)27-24-9-3-6-20(16-24)19-5-2-8-22(26)15-19/h1-16H. The zero-order valence-corrected chi connectivity index (χ0v) is 15.9. The zero-order chi connectivity index (χ0) is 18.6. The molecule has 0 saturated heterocycles. The molecule has 0 amide bonds. The molecule has 27 heavy (non-hydrogen) atoms. The van der Waals surface area contributed by atoms with Crippen LogP contribution in [0.1, 0.15) is 0 Å². The normalized spacial score (nSPS) is 10.6. The van der Waals surface area contributed by atoms with Crippen LogP contribution >= 0.6 is 23.2 Å². The number of ether oxygens (including phenoxy) is 1. The third kappa shape index (κ3) is 4.33. The van der Waals surface area contributed by atoms with Crippen molar-refractivity contribution in [2.75, 3.05) is 0 Å². The van der Waals surface area contributed by atoms with E-state index in [-0.39, 0.29) is 0 Å². The average molecular weight is 391 g/mol. The minimum absolute atomic E-state index is 0.718. The minimum atomic E-state index is 0.718. The Hall–Kier alpha value is -2.74. The van der Waals surface area contributed by atoms with Crippen molar-refractivity contribution in [1.82, 2.24) is 0 Å². The molecule has 0 aliphatic heterocycles. The Kier molecular flexibility index (Phi) is 5.15. The summed E-state index contributed by atoms with van der Waals surface area (Å²) in [7, 11) is 0. The number of benzene rings is 4. The summed E-state index contributed by atoms with van der Waals surface area (Å²) in [4.78, 5) is 0. The zero-order valence-electron chi connectivity index (χ0n) is 14.4. The molecule has 1 nitrogen and oxygen atoms in total. The molecular formula is C24H16Cl2O. The second-order valence-corrected chi connectivity index (χ2v) is 7.05. The lowest BCUT2D eigenvalue weighted by Gasteiger charge is -2.09. The van der Waals surface area contributed by atoms with Gasteiger partial charge in [0.1, 0.15) is 11.5 Å². The van der Waals surface area contributed by atoms with E-state index < -0.39 is 0 Å². The lowest BCUT2D eigenvalue weighted by Crippen LogP contribution is -1.86. The van der Waals surface area contributed by atoms with Crippen molar-refractivity contribution in [3.8, 4) is 33.8 Å². The van der Waals surface area contributed by atoms with Crippen LogP contribution < -0.4 is 4.74 Å². The van der Waals surface area contributed by atoms with Gasteiger partial charge in [-0.3, -0.25) is 0 Å². The molecule has 4 aromatic rings. The van der Waals surface area contributed by atoms with E-state index in [1.165, 1.54) is 0 Å². The van der Waals surface area contributed by atoms with E-state index in [4.69, 9.17) is 27.9 Å². The van der Waals surface area contributed by atoms with Gasteiger partial charge in [0.2, 0.25) is 0 Å². The maximum absolute atomic E-state index is 6.10. The molecule has 0 N–H and O–H groups in total. The Morgan fingerprint density at radius 3 is 1.56 bits per heavy atom. The minimum Gasteiger partial charge on any atom is -0.457 e. The van der Waals surface area contributed by atoms with Crippen molar-refractivity contribution >= 4 is 23.2 Å². The lowest BCUT2D eigenvalue weighted by atomic mass is 10.1. The van der Waals surface area contributed by atoms with Gasteiger partial charge in [0, 0.05) is 10.0 Å². The maximum atomic E-state index is 6.10. The molecule has 0 bridgehead atoms. The van der Waals surface area contributed by atoms with Gasteiger partial charge in [0.15, 0.2) is 0 Å². The van der Waals surface area contributed by atoms with Crippen LogP contribution in [0.25, 0.3) is 22.3 Å². The van der Waals surface area contributed by atoms with Crippen LogP contribution in [0, 0.1) is 0 Å². The fourth-order valence-corrected chi connectivity index (χ4v) is 3.31. The summed E-state index contributed by atoms with van der Waals surface area (Å²) in [6.45, 7) is 0. The van der Waals surface area contributed by atoms with Gasteiger partial charge >= 0.3 is 0 Å². The molecule has 4 rings (SSSR count). The monoisotopic (exact) mass is 390 g/mol. The summed E-state index contributed by atoms with van der Waals surface area (Å²) in [6.07, 6.45) is 0. The molecule has 3 heteroatoms. The van der Waals surface area contributed by atoms with Crippen molar-refractivity contribution < 1.29 is 4.74 Å². The van der Waals surface area contributed by atoms with E-state index in [2.05, 4.69) is 0 Å². The Labute approximate surface area is 168 Å². The van der Waals surface area contributed by atoms with Crippen molar-refractivity contribution in [1.29, 1.82) is 0 Å². The van der Waals surface area contributed by atoms with E-state index in [1.807, 2.05) is 97.1 Å². The first-order valence-corrected chi connectivity index (χ1v) is 9.33. The lowest BCUT2D eigenvalue weighted by molar-refractivity contribution is 0.483. The highest BCUT2D eigenvalue weighted by Crippen LogP contribution is 2.30. The molecule has 132 valence electrons. The smallest absolute Gasteiger partial charge is 0.128 e. The van der Waals surface area contributed by atoms with E-state index in [0.29, 0.717) is 0 Å². The highest BCUT2D eigenvalue weighted by Gasteiger charge is 2.04. The summed E-state index contributed by atoms with van der Waals surface area (Å²) in [5, 5.41) is 1.45. The third-order valence-electron chi connectivity index (χ3n) is 4.24. The molecule has 0 atom stereocenters. The Balaban J connectivity index is 1.55. The first-order chi connectivity index (χ1) is 13.2. The van der Waals surface area contributed by atoms with Crippen LogP contribution in [0.4, 0.5) is 0 Å². The number of halogens is 2. The number of hydrogen-bond acceptors (Lipinski definition) is 1. The van der Waals surface area contributed by atoms with Gasteiger partial charge in [-0.1, -0.05) is 71.7 Å². The highest BCUT2D eigenvalue weighted by atomic mass is 35.5. The van der Waals surface area contributed by atoms with E-state index >= 15 is 0 Å². The predicted molar refractivity (Wildman–Crippen MR) is 114 cm³/mol. The van der Waals surface area contributed by atoms with Crippen molar-refractivity contribution in [2.24, 2.45) is 0 Å². The molecule has 0 aliphatic carbocycles. The van der Waals surface area contributed by atoms with Gasteiger partial charge in [-0.2, -0.15) is 0 Å². The number of rotatable bonds is 4. The molecule has 0 aliphatic rings. The fraction of sp³-hybridized carbons (Fsp3) is 0. The average Bonchev–Trinajstić information content (AvgIpc) is 2.69. The molecule has 4 aromatic carbocycles. The summed E-state index contributed by atoms with van der Waals surface area (Å²) < 4.78 is 6.03. The molecule has 0 aromatic heterocycles. The number of hydrogen-bond donors (Lipinski definition) is 0. The largest absolute Gasteiger partial charge is 0.457 e. The quantitative estimate of drug-likeness (QED) is 0.341. The first kappa shape index (κ1) is 17.7.